The van der Waals surface area contributed by atoms with E-state index < -0.39 is 23.8 Å². The highest BCUT2D eigenvalue weighted by Crippen LogP contribution is 2.32. The highest BCUT2D eigenvalue weighted by molar-refractivity contribution is 6.00. The zero-order valence-corrected chi connectivity index (χ0v) is 16.7. The summed E-state index contributed by atoms with van der Waals surface area (Å²) in [5, 5.41) is 13.5. The molecule has 0 aliphatic rings. The van der Waals surface area contributed by atoms with Gasteiger partial charge in [-0.25, -0.2) is 0 Å². The molecule has 8 heteroatoms. The van der Waals surface area contributed by atoms with Crippen LogP contribution in [0.1, 0.15) is 27.7 Å². The predicted octanol–water partition coefficient (Wildman–Crippen LogP) is 4.78. The maximum Gasteiger partial charge on any atom is 0.416 e. The third-order valence-corrected chi connectivity index (χ3v) is 4.98. The fraction of sp³-hybridized carbons (Fsp3) is 0.125. The number of alkyl halides is 3. The first-order chi connectivity index (χ1) is 15.3. The van der Waals surface area contributed by atoms with E-state index in [9.17, 15) is 23.1 Å². The number of hydrogen-bond acceptors (Lipinski definition) is 4. The van der Waals surface area contributed by atoms with Gasteiger partial charge >= 0.3 is 6.18 Å². The Morgan fingerprint density at radius 1 is 1.00 bits per heavy atom. The van der Waals surface area contributed by atoms with Crippen LogP contribution in [0.5, 0.6) is 0 Å². The molecule has 0 aliphatic carbocycles. The molecule has 32 heavy (non-hydrogen) atoms. The molecule has 0 aliphatic heterocycles. The van der Waals surface area contributed by atoms with Crippen LogP contribution in [0.4, 0.5) is 13.2 Å². The average Bonchev–Trinajstić information content (AvgIpc) is 2.81. The lowest BCUT2D eigenvalue weighted by Gasteiger charge is -2.12. The minimum atomic E-state index is -4.40. The monoisotopic (exact) mass is 437 g/mol. The van der Waals surface area contributed by atoms with Crippen molar-refractivity contribution in [2.24, 2.45) is 0 Å². The number of halogens is 3. The molecule has 0 saturated heterocycles. The van der Waals surface area contributed by atoms with Crippen molar-refractivity contribution in [2.45, 2.75) is 12.3 Å². The van der Waals surface area contributed by atoms with Gasteiger partial charge in [-0.2, -0.15) is 13.2 Å². The number of pyridine rings is 2. The number of aliphatic hydroxyl groups excluding tert-OH is 1. The molecule has 2 aromatic heterocycles. The number of aliphatic hydroxyl groups is 1. The first-order valence-corrected chi connectivity index (χ1v) is 9.76. The fourth-order valence-electron chi connectivity index (χ4n) is 3.33. The standard InChI is InChI=1S/C24H18F3N3O2/c25-24(26,27)18-9-7-15(8-10-18)19-5-3-4-16-12-17(13-29-22(16)19)23(32)30-14-21(31)20-6-1-2-11-28-20/h1-13,21,31H,14H2,(H,30,32)/t21-/m0/s1. The van der Waals surface area contributed by atoms with Crippen LogP contribution in [0.15, 0.2) is 79.1 Å². The van der Waals surface area contributed by atoms with Crippen LogP contribution < -0.4 is 5.32 Å². The summed E-state index contributed by atoms with van der Waals surface area (Å²) in [5.41, 5.74) is 1.85. The second-order valence-electron chi connectivity index (χ2n) is 7.16. The molecule has 2 aromatic carbocycles. The second-order valence-corrected chi connectivity index (χ2v) is 7.16. The molecule has 0 spiro atoms. The largest absolute Gasteiger partial charge is 0.416 e. The van der Waals surface area contributed by atoms with Gasteiger partial charge in [0.1, 0.15) is 6.10 Å². The summed E-state index contributed by atoms with van der Waals surface area (Å²) in [6, 6.07) is 16.9. The number of carbonyl (C=O) groups excluding carboxylic acids is 1. The zero-order valence-electron chi connectivity index (χ0n) is 16.7. The van der Waals surface area contributed by atoms with Crippen LogP contribution in [0.3, 0.4) is 0 Å². The van der Waals surface area contributed by atoms with Gasteiger partial charge in [0.05, 0.1) is 22.3 Å². The summed E-state index contributed by atoms with van der Waals surface area (Å²) >= 11 is 0. The number of aromatic nitrogens is 2. The van der Waals surface area contributed by atoms with Gasteiger partial charge in [-0.05, 0) is 35.9 Å². The van der Waals surface area contributed by atoms with Gasteiger partial charge in [-0.3, -0.25) is 14.8 Å². The Morgan fingerprint density at radius 2 is 1.78 bits per heavy atom. The predicted molar refractivity (Wildman–Crippen MR) is 114 cm³/mol. The number of hydrogen-bond donors (Lipinski definition) is 2. The van der Waals surface area contributed by atoms with E-state index in [0.717, 1.165) is 12.1 Å². The molecule has 0 bridgehead atoms. The maximum absolute atomic E-state index is 12.8. The summed E-state index contributed by atoms with van der Waals surface area (Å²) in [5.74, 6) is -0.408. The molecule has 0 saturated carbocycles. The number of amides is 1. The van der Waals surface area contributed by atoms with Crippen molar-refractivity contribution >= 4 is 16.8 Å². The maximum atomic E-state index is 12.8. The Bertz CT molecular complexity index is 1240. The molecule has 0 radical (unpaired) electrons. The number of nitrogens with zero attached hydrogens (tertiary/aromatic N) is 2. The molecule has 1 atom stereocenters. The van der Waals surface area contributed by atoms with Crippen molar-refractivity contribution < 1.29 is 23.1 Å². The quantitative estimate of drug-likeness (QED) is 0.471. The SMILES string of the molecule is O=C(NC[C@H](O)c1ccccn1)c1cnc2c(-c3ccc(C(F)(F)F)cc3)cccc2c1. The Balaban J connectivity index is 1.54. The molecule has 2 heterocycles. The summed E-state index contributed by atoms with van der Waals surface area (Å²) < 4.78 is 38.5. The minimum Gasteiger partial charge on any atom is -0.385 e. The third kappa shape index (κ3) is 4.60. The summed E-state index contributed by atoms with van der Waals surface area (Å²) in [6.45, 7) is -0.0144. The Labute approximate surface area is 181 Å². The van der Waals surface area contributed by atoms with Crippen molar-refractivity contribution in [1.82, 2.24) is 15.3 Å². The Hall–Kier alpha value is -3.78. The molecule has 162 valence electrons. The number of carbonyl (C=O) groups is 1. The molecule has 0 fully saturated rings. The zero-order chi connectivity index (χ0) is 22.7. The van der Waals surface area contributed by atoms with Gasteiger partial charge in [-0.1, -0.05) is 36.4 Å². The third-order valence-electron chi connectivity index (χ3n) is 4.98. The lowest BCUT2D eigenvalue weighted by Crippen LogP contribution is -2.28. The van der Waals surface area contributed by atoms with Crippen molar-refractivity contribution in [2.75, 3.05) is 6.54 Å². The minimum absolute atomic E-state index is 0.0144. The average molecular weight is 437 g/mol. The topological polar surface area (TPSA) is 75.1 Å². The highest BCUT2D eigenvalue weighted by Gasteiger charge is 2.30. The van der Waals surface area contributed by atoms with Crippen LogP contribution in [-0.4, -0.2) is 27.5 Å². The van der Waals surface area contributed by atoms with Gasteiger partial charge in [0.15, 0.2) is 0 Å². The Morgan fingerprint density at radius 3 is 2.47 bits per heavy atom. The number of fused-ring (bicyclic) bond motifs is 1. The van der Waals surface area contributed by atoms with E-state index in [4.69, 9.17) is 0 Å². The fourth-order valence-corrected chi connectivity index (χ4v) is 3.33. The summed E-state index contributed by atoms with van der Waals surface area (Å²) in [4.78, 5) is 20.9. The van der Waals surface area contributed by atoms with Crippen LogP contribution in [-0.2, 0) is 6.18 Å². The van der Waals surface area contributed by atoms with Crippen LogP contribution in [0.25, 0.3) is 22.0 Å². The number of rotatable bonds is 5. The van der Waals surface area contributed by atoms with E-state index in [1.807, 2.05) is 0 Å². The number of nitrogens with one attached hydrogen (secondary N) is 1. The lowest BCUT2D eigenvalue weighted by molar-refractivity contribution is -0.137. The molecule has 0 unspecified atom stereocenters. The normalized spacial score (nSPS) is 12.5. The molecule has 4 rings (SSSR count). The summed E-state index contributed by atoms with van der Waals surface area (Å²) in [6.07, 6.45) is -2.39. The highest BCUT2D eigenvalue weighted by atomic mass is 19.4. The van der Waals surface area contributed by atoms with E-state index in [0.29, 0.717) is 33.3 Å². The number of para-hydroxylation sites is 1. The molecule has 4 aromatic rings. The molecule has 1 amide bonds. The molecule has 2 N–H and O–H groups in total. The second kappa shape index (κ2) is 8.76. The summed E-state index contributed by atoms with van der Waals surface area (Å²) in [7, 11) is 0. The van der Waals surface area contributed by atoms with E-state index in [-0.39, 0.29) is 6.54 Å². The number of benzene rings is 2. The van der Waals surface area contributed by atoms with Gasteiger partial charge in [0.2, 0.25) is 0 Å². The van der Waals surface area contributed by atoms with E-state index in [1.54, 1.807) is 48.7 Å². The van der Waals surface area contributed by atoms with Crippen molar-refractivity contribution in [3.63, 3.8) is 0 Å². The van der Waals surface area contributed by atoms with Crippen LogP contribution in [0.2, 0.25) is 0 Å². The van der Waals surface area contributed by atoms with Gasteiger partial charge in [-0.15, -0.1) is 0 Å². The van der Waals surface area contributed by atoms with E-state index in [1.165, 1.54) is 18.3 Å². The lowest BCUT2D eigenvalue weighted by atomic mass is 10.00. The van der Waals surface area contributed by atoms with Gasteiger partial charge < -0.3 is 10.4 Å². The van der Waals surface area contributed by atoms with Gasteiger partial charge in [0, 0.05) is 29.9 Å². The molecular weight excluding hydrogens is 419 g/mol. The van der Waals surface area contributed by atoms with Crippen molar-refractivity contribution in [3.8, 4) is 11.1 Å². The van der Waals surface area contributed by atoms with Gasteiger partial charge in [0.25, 0.3) is 5.91 Å². The first-order valence-electron chi connectivity index (χ1n) is 9.76. The molecule has 5 nitrogen and oxygen atoms in total. The smallest absolute Gasteiger partial charge is 0.385 e. The van der Waals surface area contributed by atoms with Crippen LogP contribution >= 0.6 is 0 Å². The molecular formula is C24H18F3N3O2. The van der Waals surface area contributed by atoms with Crippen LogP contribution in [0, 0.1) is 0 Å². The van der Waals surface area contributed by atoms with Crippen molar-refractivity contribution in [3.05, 3.63) is 95.9 Å². The van der Waals surface area contributed by atoms with Crippen molar-refractivity contribution in [1.29, 1.82) is 0 Å². The Kier molecular flexibility index (Phi) is 5.87. The van der Waals surface area contributed by atoms with E-state index in [2.05, 4.69) is 15.3 Å². The van der Waals surface area contributed by atoms with E-state index >= 15 is 0 Å². The first kappa shape index (κ1) is 21.5.